The molecular weight excluding hydrogens is 276 g/mol. The summed E-state index contributed by atoms with van der Waals surface area (Å²) in [5, 5.41) is 3.20. The Morgan fingerprint density at radius 1 is 1.30 bits per heavy atom. The molecule has 0 unspecified atom stereocenters. The van der Waals surface area contributed by atoms with Crippen LogP contribution in [0.1, 0.15) is 12.0 Å². The molecule has 0 aliphatic carbocycles. The summed E-state index contributed by atoms with van der Waals surface area (Å²) in [4.78, 5) is 0.316. The fourth-order valence-corrected chi connectivity index (χ4v) is 3.52. The summed E-state index contributed by atoms with van der Waals surface area (Å²) in [5.41, 5.74) is 2.10. The first kappa shape index (κ1) is 13.6. The van der Waals surface area contributed by atoms with E-state index >= 15 is 0 Å². The Labute approximate surface area is 119 Å². The Morgan fingerprint density at radius 3 is 3.00 bits per heavy atom. The summed E-state index contributed by atoms with van der Waals surface area (Å²) in [7, 11) is -3.45. The van der Waals surface area contributed by atoms with E-state index in [0.29, 0.717) is 18.0 Å². The molecule has 2 aliphatic heterocycles. The molecule has 0 aromatic heterocycles. The lowest BCUT2D eigenvalue weighted by Gasteiger charge is -2.15. The van der Waals surface area contributed by atoms with Gasteiger partial charge in [0.2, 0.25) is 10.0 Å². The maximum absolute atomic E-state index is 12.3. The van der Waals surface area contributed by atoms with E-state index < -0.39 is 10.0 Å². The van der Waals surface area contributed by atoms with Crippen LogP contribution in [0.2, 0.25) is 0 Å². The third-order valence-electron chi connectivity index (χ3n) is 3.62. The van der Waals surface area contributed by atoms with E-state index in [4.69, 9.17) is 4.74 Å². The van der Waals surface area contributed by atoms with Crippen molar-refractivity contribution >= 4 is 10.0 Å². The van der Waals surface area contributed by atoms with Crippen molar-refractivity contribution in [3.05, 3.63) is 35.4 Å². The van der Waals surface area contributed by atoms with Crippen LogP contribution in [0, 0.1) is 0 Å². The highest BCUT2D eigenvalue weighted by Gasteiger charge is 2.19. The van der Waals surface area contributed by atoms with E-state index in [2.05, 4.69) is 10.0 Å². The van der Waals surface area contributed by atoms with Crippen LogP contribution in [0.4, 0.5) is 0 Å². The molecule has 1 aromatic carbocycles. The number of hydrogen-bond acceptors (Lipinski definition) is 4. The van der Waals surface area contributed by atoms with Crippen molar-refractivity contribution in [3.63, 3.8) is 0 Å². The van der Waals surface area contributed by atoms with E-state index in [1.54, 1.807) is 18.2 Å². The van der Waals surface area contributed by atoms with Gasteiger partial charge in [0.25, 0.3) is 0 Å². The fourth-order valence-electron chi connectivity index (χ4n) is 2.43. The third-order valence-corrected chi connectivity index (χ3v) is 5.02. The summed E-state index contributed by atoms with van der Waals surface area (Å²) >= 11 is 0. The molecule has 3 rings (SSSR count). The molecule has 0 bridgehead atoms. The van der Waals surface area contributed by atoms with Gasteiger partial charge in [-0.15, -0.1) is 0 Å². The first-order valence-corrected chi connectivity index (χ1v) is 8.27. The molecule has 0 amide bonds. The van der Waals surface area contributed by atoms with E-state index in [1.807, 2.05) is 6.08 Å². The Kier molecular flexibility index (Phi) is 3.78. The molecule has 5 nitrogen and oxygen atoms in total. The highest BCUT2D eigenvalue weighted by molar-refractivity contribution is 7.89. The lowest BCUT2D eigenvalue weighted by molar-refractivity contribution is 0.356. The zero-order valence-electron chi connectivity index (χ0n) is 11.2. The smallest absolute Gasteiger partial charge is 0.240 e. The van der Waals surface area contributed by atoms with Crippen molar-refractivity contribution in [2.45, 2.75) is 17.7 Å². The fraction of sp³-hybridized carbons (Fsp3) is 0.429. The van der Waals surface area contributed by atoms with Crippen LogP contribution in [-0.4, -0.2) is 34.7 Å². The van der Waals surface area contributed by atoms with Gasteiger partial charge >= 0.3 is 0 Å². The molecule has 1 aromatic rings. The number of rotatable bonds is 4. The summed E-state index contributed by atoms with van der Waals surface area (Å²) in [5.74, 6) is 0.796. The number of nitrogens with one attached hydrogen (secondary N) is 2. The molecule has 2 aliphatic rings. The zero-order chi connectivity index (χ0) is 14.0. The molecule has 2 N–H and O–H groups in total. The SMILES string of the molecule is O=S(=O)(NCC1=CCNCC1)c1ccc2c(c1)CCO2. The first-order valence-electron chi connectivity index (χ1n) is 6.79. The van der Waals surface area contributed by atoms with Crippen molar-refractivity contribution in [3.8, 4) is 5.75 Å². The van der Waals surface area contributed by atoms with Crippen molar-refractivity contribution in [1.82, 2.24) is 10.0 Å². The van der Waals surface area contributed by atoms with E-state index in [9.17, 15) is 8.42 Å². The second-order valence-corrected chi connectivity index (χ2v) is 6.78. The summed E-state index contributed by atoms with van der Waals surface area (Å²) < 4.78 is 32.6. The van der Waals surface area contributed by atoms with Crippen LogP contribution in [-0.2, 0) is 16.4 Å². The number of sulfonamides is 1. The predicted molar refractivity (Wildman–Crippen MR) is 76.4 cm³/mol. The monoisotopic (exact) mass is 294 g/mol. The Hall–Kier alpha value is -1.37. The molecule has 0 atom stereocenters. The molecule has 6 heteroatoms. The average Bonchev–Trinajstić information content (AvgIpc) is 2.94. The van der Waals surface area contributed by atoms with Gasteiger partial charge in [0.15, 0.2) is 0 Å². The highest BCUT2D eigenvalue weighted by atomic mass is 32.2. The Balaban J connectivity index is 1.73. The molecular formula is C14H18N2O3S. The number of ether oxygens (including phenoxy) is 1. The van der Waals surface area contributed by atoms with Crippen LogP contribution in [0.15, 0.2) is 34.7 Å². The molecule has 108 valence electrons. The summed E-state index contributed by atoms with van der Waals surface area (Å²) in [6.45, 7) is 2.74. The van der Waals surface area contributed by atoms with Gasteiger partial charge in [-0.2, -0.15) is 0 Å². The van der Waals surface area contributed by atoms with Gasteiger partial charge in [-0.05, 0) is 36.7 Å². The van der Waals surface area contributed by atoms with Crippen molar-refractivity contribution in [2.24, 2.45) is 0 Å². The largest absolute Gasteiger partial charge is 0.493 e. The lowest BCUT2D eigenvalue weighted by Crippen LogP contribution is -2.29. The van der Waals surface area contributed by atoms with Crippen LogP contribution >= 0.6 is 0 Å². The highest BCUT2D eigenvalue weighted by Crippen LogP contribution is 2.27. The normalized spacial score (nSPS) is 18.3. The molecule has 0 radical (unpaired) electrons. The summed E-state index contributed by atoms with van der Waals surface area (Å²) in [6.07, 6.45) is 3.71. The Bertz CT molecular complexity index is 638. The first-order chi connectivity index (χ1) is 9.65. The van der Waals surface area contributed by atoms with Gasteiger partial charge in [-0.1, -0.05) is 11.6 Å². The minimum atomic E-state index is -3.45. The molecule has 0 saturated heterocycles. The lowest BCUT2D eigenvalue weighted by atomic mass is 10.1. The predicted octanol–water partition coefficient (Wildman–Crippen LogP) is 0.819. The third kappa shape index (κ3) is 2.87. The van der Waals surface area contributed by atoms with Gasteiger partial charge < -0.3 is 10.1 Å². The summed E-state index contributed by atoms with van der Waals surface area (Å²) in [6, 6.07) is 5.05. The standard InChI is InChI=1S/C14H18N2O3S/c17-20(18,16-10-11-3-6-15-7-4-11)13-1-2-14-12(9-13)5-8-19-14/h1-3,9,15-16H,4-8,10H2. The molecule has 0 fully saturated rings. The van der Waals surface area contributed by atoms with Crippen molar-refractivity contribution in [1.29, 1.82) is 0 Å². The van der Waals surface area contributed by atoms with Crippen LogP contribution in [0.25, 0.3) is 0 Å². The minimum Gasteiger partial charge on any atom is -0.493 e. The number of hydrogen-bond donors (Lipinski definition) is 2. The van der Waals surface area contributed by atoms with Gasteiger partial charge in [0.05, 0.1) is 11.5 Å². The van der Waals surface area contributed by atoms with E-state index in [1.165, 1.54) is 0 Å². The molecule has 0 saturated carbocycles. The van der Waals surface area contributed by atoms with Crippen molar-refractivity contribution < 1.29 is 13.2 Å². The van der Waals surface area contributed by atoms with Crippen LogP contribution in [0.5, 0.6) is 5.75 Å². The topological polar surface area (TPSA) is 67.4 Å². The number of fused-ring (bicyclic) bond motifs is 1. The van der Waals surface area contributed by atoms with Crippen LogP contribution in [0.3, 0.4) is 0 Å². The zero-order valence-corrected chi connectivity index (χ0v) is 12.0. The quantitative estimate of drug-likeness (QED) is 0.807. The van der Waals surface area contributed by atoms with E-state index in [0.717, 1.165) is 42.8 Å². The van der Waals surface area contributed by atoms with E-state index in [-0.39, 0.29) is 0 Å². The van der Waals surface area contributed by atoms with Crippen molar-refractivity contribution in [2.75, 3.05) is 26.2 Å². The molecule has 2 heterocycles. The van der Waals surface area contributed by atoms with Gasteiger partial charge in [-0.25, -0.2) is 13.1 Å². The molecule has 20 heavy (non-hydrogen) atoms. The maximum atomic E-state index is 12.3. The second-order valence-electron chi connectivity index (χ2n) is 5.01. The number of benzene rings is 1. The maximum Gasteiger partial charge on any atom is 0.240 e. The van der Waals surface area contributed by atoms with Gasteiger partial charge in [0.1, 0.15) is 5.75 Å². The minimum absolute atomic E-state index is 0.316. The van der Waals surface area contributed by atoms with Crippen LogP contribution < -0.4 is 14.8 Å². The second kappa shape index (κ2) is 5.55. The van der Waals surface area contributed by atoms with Gasteiger partial charge in [-0.3, -0.25) is 0 Å². The Morgan fingerprint density at radius 2 is 2.20 bits per heavy atom. The van der Waals surface area contributed by atoms with Gasteiger partial charge in [0, 0.05) is 19.5 Å². The molecule has 0 spiro atoms. The average molecular weight is 294 g/mol.